The Bertz CT molecular complexity index is 1360. The summed E-state index contributed by atoms with van der Waals surface area (Å²) in [5.41, 5.74) is 6.85. The van der Waals surface area contributed by atoms with Crippen LogP contribution >= 0.6 is 12.2 Å². The fraction of sp³-hybridized carbons (Fsp3) is 0.310. The molecule has 7 nitrogen and oxygen atoms in total. The molecule has 0 saturated carbocycles. The molecule has 2 aliphatic rings. The van der Waals surface area contributed by atoms with E-state index in [1.165, 1.54) is 22.6 Å². The van der Waals surface area contributed by atoms with Crippen molar-refractivity contribution in [3.63, 3.8) is 0 Å². The summed E-state index contributed by atoms with van der Waals surface area (Å²) >= 11 is 5.95. The lowest BCUT2D eigenvalue weighted by Crippen LogP contribution is -2.36. The van der Waals surface area contributed by atoms with Crippen molar-refractivity contribution < 1.29 is 9.15 Å². The Kier molecular flexibility index (Phi) is 6.44. The van der Waals surface area contributed by atoms with Crippen LogP contribution in [0, 0.1) is 13.8 Å². The van der Waals surface area contributed by atoms with Gasteiger partial charge >= 0.3 is 0 Å². The highest BCUT2D eigenvalue weighted by molar-refractivity contribution is 7.80. The van der Waals surface area contributed by atoms with Crippen molar-refractivity contribution >= 4 is 28.7 Å². The maximum absolute atomic E-state index is 5.95. The van der Waals surface area contributed by atoms with Gasteiger partial charge in [-0.2, -0.15) is 0 Å². The predicted molar refractivity (Wildman–Crippen MR) is 149 cm³/mol. The van der Waals surface area contributed by atoms with Crippen LogP contribution in [-0.4, -0.2) is 41.0 Å². The van der Waals surface area contributed by atoms with Crippen LogP contribution in [0.15, 0.2) is 77.5 Å². The first-order valence-electron chi connectivity index (χ1n) is 12.7. The van der Waals surface area contributed by atoms with E-state index in [0.29, 0.717) is 11.7 Å². The highest BCUT2D eigenvalue weighted by Gasteiger charge is 2.42. The first-order valence-corrected chi connectivity index (χ1v) is 13.1. The van der Waals surface area contributed by atoms with Crippen molar-refractivity contribution in [2.75, 3.05) is 36.1 Å². The van der Waals surface area contributed by atoms with Gasteiger partial charge in [0, 0.05) is 42.0 Å². The van der Waals surface area contributed by atoms with Crippen LogP contribution in [0.2, 0.25) is 0 Å². The van der Waals surface area contributed by atoms with Crippen molar-refractivity contribution in [3.8, 4) is 0 Å². The van der Waals surface area contributed by atoms with E-state index in [1.807, 2.05) is 30.5 Å². The Labute approximate surface area is 222 Å². The molecule has 2 atom stereocenters. The summed E-state index contributed by atoms with van der Waals surface area (Å²) in [4.78, 5) is 9.32. The van der Waals surface area contributed by atoms with Gasteiger partial charge in [-0.3, -0.25) is 4.98 Å². The monoisotopic (exact) mass is 513 g/mol. The summed E-state index contributed by atoms with van der Waals surface area (Å²) < 4.78 is 13.5. The zero-order chi connectivity index (χ0) is 25.4. The number of ether oxygens (including phenoxy) is 1. The molecule has 1 aromatic carbocycles. The van der Waals surface area contributed by atoms with Crippen LogP contribution in [-0.2, 0) is 11.3 Å². The molecule has 1 N–H and O–H groups in total. The van der Waals surface area contributed by atoms with Crippen LogP contribution < -0.4 is 15.1 Å². The van der Waals surface area contributed by atoms with Gasteiger partial charge in [-0.05, 0) is 86.2 Å². The average Bonchev–Trinajstić information content (AvgIpc) is 3.65. The molecule has 6 rings (SSSR count). The fourth-order valence-electron chi connectivity index (χ4n) is 5.52. The molecular weight excluding hydrogens is 482 g/mol. The minimum atomic E-state index is -0.0785. The number of aromatic nitrogens is 2. The first-order chi connectivity index (χ1) is 18.1. The lowest BCUT2D eigenvalue weighted by atomic mass is 9.96. The van der Waals surface area contributed by atoms with E-state index in [-0.39, 0.29) is 12.1 Å². The summed E-state index contributed by atoms with van der Waals surface area (Å²) in [5, 5.41) is 4.29. The second kappa shape index (κ2) is 10.0. The van der Waals surface area contributed by atoms with Crippen molar-refractivity contribution in [3.05, 3.63) is 102 Å². The number of furan rings is 1. The van der Waals surface area contributed by atoms with E-state index in [1.54, 1.807) is 6.26 Å². The molecule has 0 unspecified atom stereocenters. The number of rotatable bonds is 6. The second-order valence-corrected chi connectivity index (χ2v) is 9.99. The molecule has 0 radical (unpaired) electrons. The van der Waals surface area contributed by atoms with E-state index in [9.17, 15) is 0 Å². The molecule has 3 aromatic heterocycles. The van der Waals surface area contributed by atoms with E-state index < -0.39 is 0 Å². The van der Waals surface area contributed by atoms with Crippen LogP contribution in [0.1, 0.15) is 40.5 Å². The quantitative estimate of drug-likeness (QED) is 0.358. The molecule has 0 aliphatic carbocycles. The van der Waals surface area contributed by atoms with Gasteiger partial charge in [0.2, 0.25) is 0 Å². The van der Waals surface area contributed by atoms with Crippen LogP contribution in [0.25, 0.3) is 0 Å². The molecule has 0 bridgehead atoms. The minimum absolute atomic E-state index is 0.0480. The summed E-state index contributed by atoms with van der Waals surface area (Å²) in [6, 6.07) is 20.9. The smallest absolute Gasteiger partial charge is 0.174 e. The molecule has 5 heterocycles. The Hall–Kier alpha value is -3.62. The van der Waals surface area contributed by atoms with Crippen molar-refractivity contribution in [2.24, 2.45) is 0 Å². The maximum atomic E-state index is 5.95. The second-order valence-electron chi connectivity index (χ2n) is 9.60. The van der Waals surface area contributed by atoms with Gasteiger partial charge in [0.25, 0.3) is 0 Å². The van der Waals surface area contributed by atoms with Gasteiger partial charge in [0.05, 0.1) is 43.8 Å². The molecule has 2 fully saturated rings. The summed E-state index contributed by atoms with van der Waals surface area (Å²) in [6.07, 6.45) is 3.57. The third-order valence-electron chi connectivity index (χ3n) is 7.43. The number of morpholine rings is 1. The Morgan fingerprint density at radius 3 is 2.49 bits per heavy atom. The van der Waals surface area contributed by atoms with Crippen LogP contribution in [0.5, 0.6) is 0 Å². The molecule has 0 amide bonds. The number of aryl methyl sites for hydroxylation is 1. The summed E-state index contributed by atoms with van der Waals surface area (Å²) in [5.74, 6) is 0.935. The van der Waals surface area contributed by atoms with E-state index >= 15 is 0 Å². The third kappa shape index (κ3) is 4.51. The van der Waals surface area contributed by atoms with E-state index in [2.05, 4.69) is 69.9 Å². The summed E-state index contributed by atoms with van der Waals surface area (Å²) in [6.45, 7) is 8.38. The van der Waals surface area contributed by atoms with Gasteiger partial charge in [-0.1, -0.05) is 6.07 Å². The van der Waals surface area contributed by atoms with Crippen molar-refractivity contribution in [1.82, 2.24) is 14.9 Å². The van der Waals surface area contributed by atoms with Gasteiger partial charge in [0.15, 0.2) is 5.11 Å². The van der Waals surface area contributed by atoms with Crippen molar-refractivity contribution in [1.29, 1.82) is 0 Å². The largest absolute Gasteiger partial charge is 0.467 e. The average molecular weight is 514 g/mol. The third-order valence-corrected chi connectivity index (χ3v) is 7.74. The van der Waals surface area contributed by atoms with E-state index in [4.69, 9.17) is 26.4 Å². The number of hydrogen-bond donors (Lipinski definition) is 1. The Morgan fingerprint density at radius 1 is 1.00 bits per heavy atom. The van der Waals surface area contributed by atoms with E-state index in [0.717, 1.165) is 43.4 Å². The van der Waals surface area contributed by atoms with Gasteiger partial charge in [-0.15, -0.1) is 0 Å². The summed E-state index contributed by atoms with van der Waals surface area (Å²) in [7, 11) is 0. The minimum Gasteiger partial charge on any atom is -0.467 e. The molecule has 2 aliphatic heterocycles. The lowest BCUT2D eigenvalue weighted by Gasteiger charge is -2.31. The number of hydrogen-bond acceptors (Lipinski definition) is 5. The van der Waals surface area contributed by atoms with Crippen LogP contribution in [0.3, 0.4) is 0 Å². The standard InChI is InChI=1S/C29H31N5O2S/c1-20-18-25(21(2)33(20)19-24-6-5-15-36-24)28-27(26-7-3-4-12-30-26)31-29(37)34(28)23-10-8-22(9-11-23)32-13-16-35-17-14-32/h3-12,15,18,27-28H,13-14,16-17,19H2,1-2H3,(H,31,37)/t27-,28-/m1/s1. The molecule has 190 valence electrons. The molecular formula is C29H31N5O2S. The normalized spacial score (nSPS) is 19.9. The molecule has 0 spiro atoms. The lowest BCUT2D eigenvalue weighted by molar-refractivity contribution is 0.122. The predicted octanol–water partition coefficient (Wildman–Crippen LogP) is 5.15. The number of anilines is 2. The topological polar surface area (TPSA) is 58.7 Å². The number of benzene rings is 1. The number of nitrogens with zero attached hydrogens (tertiary/aromatic N) is 4. The molecule has 8 heteroatoms. The van der Waals surface area contributed by atoms with Gasteiger partial charge in [-0.25, -0.2) is 0 Å². The Balaban J connectivity index is 1.39. The number of nitrogens with one attached hydrogen (secondary N) is 1. The highest BCUT2D eigenvalue weighted by Crippen LogP contribution is 2.43. The SMILES string of the molecule is Cc1cc([C@@H]2[C@@H](c3ccccn3)NC(=S)N2c2ccc(N3CCOCC3)cc2)c(C)n1Cc1ccco1. The van der Waals surface area contributed by atoms with Crippen LogP contribution in [0.4, 0.5) is 11.4 Å². The fourth-order valence-corrected chi connectivity index (χ4v) is 5.87. The highest BCUT2D eigenvalue weighted by atomic mass is 32.1. The van der Waals surface area contributed by atoms with Gasteiger partial charge < -0.3 is 28.8 Å². The molecule has 37 heavy (non-hydrogen) atoms. The Morgan fingerprint density at radius 2 is 1.78 bits per heavy atom. The van der Waals surface area contributed by atoms with Gasteiger partial charge in [0.1, 0.15) is 5.76 Å². The zero-order valence-corrected chi connectivity index (χ0v) is 21.9. The first kappa shape index (κ1) is 23.8. The maximum Gasteiger partial charge on any atom is 0.174 e. The number of pyridine rings is 1. The molecule has 4 aromatic rings. The number of thiocarbonyl (C=S) groups is 1. The zero-order valence-electron chi connectivity index (χ0n) is 21.1. The van der Waals surface area contributed by atoms with Crippen molar-refractivity contribution in [2.45, 2.75) is 32.5 Å². The molecule has 2 saturated heterocycles.